The SMILES string of the molecule is CCOC(=O)[C@H](C)Oc1ccc2ccccc2c1C=Nn1c(=O)[nH]c2ccccc2c1=O. The Morgan fingerprint density at radius 1 is 1.06 bits per heavy atom. The van der Waals surface area contributed by atoms with Gasteiger partial charge in [-0.2, -0.15) is 5.10 Å². The van der Waals surface area contributed by atoms with E-state index in [1.165, 1.54) is 6.21 Å². The van der Waals surface area contributed by atoms with Crippen LogP contribution in [0.4, 0.5) is 0 Å². The number of nitrogens with zero attached hydrogens (tertiary/aromatic N) is 2. The molecule has 4 rings (SSSR count). The quantitative estimate of drug-likeness (QED) is 0.373. The molecule has 32 heavy (non-hydrogen) atoms. The monoisotopic (exact) mass is 431 g/mol. The number of rotatable bonds is 6. The molecule has 0 fully saturated rings. The van der Waals surface area contributed by atoms with E-state index in [9.17, 15) is 14.4 Å². The molecule has 1 atom stereocenters. The van der Waals surface area contributed by atoms with Crippen LogP contribution in [0.2, 0.25) is 0 Å². The number of fused-ring (bicyclic) bond motifs is 2. The van der Waals surface area contributed by atoms with E-state index in [1.807, 2.05) is 30.3 Å². The number of aromatic nitrogens is 2. The first-order valence-electron chi connectivity index (χ1n) is 10.1. The highest BCUT2D eigenvalue weighted by Gasteiger charge is 2.18. The molecule has 8 heteroatoms. The van der Waals surface area contributed by atoms with Crippen molar-refractivity contribution < 1.29 is 14.3 Å². The third-order valence-corrected chi connectivity index (χ3v) is 4.94. The Bertz CT molecular complexity index is 1450. The van der Waals surface area contributed by atoms with E-state index < -0.39 is 23.3 Å². The van der Waals surface area contributed by atoms with Gasteiger partial charge in [0.1, 0.15) is 5.75 Å². The fourth-order valence-corrected chi connectivity index (χ4v) is 3.38. The second-order valence-electron chi connectivity index (χ2n) is 7.05. The van der Waals surface area contributed by atoms with Gasteiger partial charge < -0.3 is 14.5 Å². The zero-order valence-electron chi connectivity index (χ0n) is 17.6. The Hall–Kier alpha value is -4.20. The summed E-state index contributed by atoms with van der Waals surface area (Å²) in [6, 6.07) is 17.8. The minimum atomic E-state index is -0.852. The normalized spacial score (nSPS) is 12.3. The molecule has 1 N–H and O–H groups in total. The van der Waals surface area contributed by atoms with Crippen molar-refractivity contribution in [1.29, 1.82) is 0 Å². The zero-order valence-corrected chi connectivity index (χ0v) is 17.6. The first-order valence-corrected chi connectivity index (χ1v) is 10.1. The summed E-state index contributed by atoms with van der Waals surface area (Å²) >= 11 is 0. The third-order valence-electron chi connectivity index (χ3n) is 4.94. The van der Waals surface area contributed by atoms with Crippen molar-refractivity contribution >= 4 is 33.9 Å². The van der Waals surface area contributed by atoms with Crippen molar-refractivity contribution in [2.45, 2.75) is 20.0 Å². The van der Waals surface area contributed by atoms with Gasteiger partial charge in [0, 0.05) is 5.56 Å². The van der Waals surface area contributed by atoms with Gasteiger partial charge in [-0.05, 0) is 42.8 Å². The van der Waals surface area contributed by atoms with Crippen LogP contribution in [0.15, 0.2) is 75.4 Å². The molecule has 0 aliphatic heterocycles. The summed E-state index contributed by atoms with van der Waals surface area (Å²) in [5, 5.41) is 6.20. The molecular weight excluding hydrogens is 410 g/mol. The number of hydrogen-bond acceptors (Lipinski definition) is 6. The van der Waals surface area contributed by atoms with Gasteiger partial charge in [-0.25, -0.2) is 9.59 Å². The summed E-state index contributed by atoms with van der Waals surface area (Å²) in [4.78, 5) is 40.0. The van der Waals surface area contributed by atoms with Crippen LogP contribution in [0.25, 0.3) is 21.7 Å². The third kappa shape index (κ3) is 4.02. The number of carbonyl (C=O) groups is 1. The number of carbonyl (C=O) groups excluding carboxylic acids is 1. The lowest BCUT2D eigenvalue weighted by atomic mass is 10.0. The number of esters is 1. The van der Waals surface area contributed by atoms with Crippen molar-refractivity contribution in [3.05, 3.63) is 87.1 Å². The maximum Gasteiger partial charge on any atom is 0.349 e. The van der Waals surface area contributed by atoms with Gasteiger partial charge in [-0.3, -0.25) is 4.79 Å². The largest absolute Gasteiger partial charge is 0.478 e. The number of aromatic amines is 1. The maximum absolute atomic E-state index is 12.8. The predicted octanol–water partition coefficient (Wildman–Crippen LogP) is 3.06. The topological polar surface area (TPSA) is 103 Å². The van der Waals surface area contributed by atoms with E-state index in [1.54, 1.807) is 44.2 Å². The molecule has 0 spiro atoms. The van der Waals surface area contributed by atoms with Crippen LogP contribution in [-0.2, 0) is 9.53 Å². The van der Waals surface area contributed by atoms with Gasteiger partial charge in [0.2, 0.25) is 0 Å². The predicted molar refractivity (Wildman–Crippen MR) is 122 cm³/mol. The number of benzene rings is 3. The standard InChI is InChI=1S/C24H21N3O5/c1-3-31-23(29)15(2)32-21-13-12-16-8-4-5-9-17(16)19(21)14-25-27-22(28)18-10-6-7-11-20(18)26-24(27)30/h4-15H,3H2,1-2H3,(H,26,30)/t15-/m0/s1. The Labute approximate surface area is 182 Å². The maximum atomic E-state index is 12.8. The number of para-hydroxylation sites is 1. The molecule has 4 aromatic rings. The van der Waals surface area contributed by atoms with E-state index in [0.29, 0.717) is 22.2 Å². The summed E-state index contributed by atoms with van der Waals surface area (Å²) in [7, 11) is 0. The van der Waals surface area contributed by atoms with Crippen LogP contribution in [0, 0.1) is 0 Å². The highest BCUT2D eigenvalue weighted by atomic mass is 16.6. The summed E-state index contributed by atoms with van der Waals surface area (Å²) in [6.45, 7) is 3.55. The Balaban J connectivity index is 1.82. The highest BCUT2D eigenvalue weighted by Crippen LogP contribution is 2.27. The van der Waals surface area contributed by atoms with Gasteiger partial charge in [0.05, 0.1) is 23.7 Å². The number of ether oxygens (including phenoxy) is 2. The molecule has 0 amide bonds. The van der Waals surface area contributed by atoms with Crippen molar-refractivity contribution in [3.63, 3.8) is 0 Å². The lowest BCUT2D eigenvalue weighted by Gasteiger charge is -2.16. The van der Waals surface area contributed by atoms with E-state index >= 15 is 0 Å². The van der Waals surface area contributed by atoms with Crippen LogP contribution >= 0.6 is 0 Å². The molecule has 0 aliphatic carbocycles. The smallest absolute Gasteiger partial charge is 0.349 e. The van der Waals surface area contributed by atoms with Gasteiger partial charge in [0.15, 0.2) is 6.10 Å². The van der Waals surface area contributed by atoms with Gasteiger partial charge in [0.25, 0.3) is 5.56 Å². The van der Waals surface area contributed by atoms with E-state index in [0.717, 1.165) is 15.4 Å². The Kier molecular flexibility index (Phi) is 5.85. The van der Waals surface area contributed by atoms with Crippen LogP contribution in [0.1, 0.15) is 19.4 Å². The minimum Gasteiger partial charge on any atom is -0.478 e. The summed E-state index contributed by atoms with van der Waals surface area (Å²) in [5.41, 5.74) is -0.235. The summed E-state index contributed by atoms with van der Waals surface area (Å²) in [5.74, 6) is -0.121. The van der Waals surface area contributed by atoms with Gasteiger partial charge in [-0.15, -0.1) is 4.68 Å². The summed E-state index contributed by atoms with van der Waals surface area (Å²) < 4.78 is 11.6. The first-order chi connectivity index (χ1) is 15.5. The summed E-state index contributed by atoms with van der Waals surface area (Å²) in [6.07, 6.45) is 0.538. The molecule has 0 saturated carbocycles. The average Bonchev–Trinajstić information content (AvgIpc) is 2.80. The van der Waals surface area contributed by atoms with E-state index in [4.69, 9.17) is 9.47 Å². The molecule has 162 valence electrons. The number of H-pyrrole nitrogens is 1. The minimum absolute atomic E-state index is 0.242. The number of nitrogens with one attached hydrogen (secondary N) is 1. The molecule has 0 bridgehead atoms. The van der Waals surface area contributed by atoms with Crippen molar-refractivity contribution in [2.24, 2.45) is 5.10 Å². The van der Waals surface area contributed by atoms with E-state index in [2.05, 4.69) is 10.1 Å². The lowest BCUT2D eigenvalue weighted by molar-refractivity contribution is -0.150. The second kappa shape index (κ2) is 8.89. The van der Waals surface area contributed by atoms with Crippen molar-refractivity contribution in [1.82, 2.24) is 9.66 Å². The Morgan fingerprint density at radius 2 is 1.78 bits per heavy atom. The molecular formula is C24H21N3O5. The Morgan fingerprint density at radius 3 is 2.56 bits per heavy atom. The molecule has 0 radical (unpaired) electrons. The van der Waals surface area contributed by atoms with Crippen LogP contribution < -0.4 is 16.0 Å². The highest BCUT2D eigenvalue weighted by molar-refractivity contribution is 6.02. The van der Waals surface area contributed by atoms with E-state index in [-0.39, 0.29) is 6.61 Å². The van der Waals surface area contributed by atoms with Crippen molar-refractivity contribution in [3.8, 4) is 5.75 Å². The number of hydrogen-bond donors (Lipinski definition) is 1. The fraction of sp³-hybridized carbons (Fsp3) is 0.167. The van der Waals surface area contributed by atoms with Gasteiger partial charge in [-0.1, -0.05) is 42.5 Å². The molecule has 1 heterocycles. The zero-order chi connectivity index (χ0) is 22.7. The first kappa shape index (κ1) is 21.0. The van der Waals surface area contributed by atoms with Crippen molar-refractivity contribution in [2.75, 3.05) is 6.61 Å². The lowest BCUT2D eigenvalue weighted by Crippen LogP contribution is -2.32. The fourth-order valence-electron chi connectivity index (χ4n) is 3.38. The average molecular weight is 431 g/mol. The molecule has 0 saturated heterocycles. The molecule has 0 aliphatic rings. The second-order valence-corrected chi connectivity index (χ2v) is 7.05. The molecule has 1 aromatic heterocycles. The molecule has 0 unspecified atom stereocenters. The van der Waals surface area contributed by atoms with Gasteiger partial charge >= 0.3 is 11.7 Å². The van der Waals surface area contributed by atoms with Crippen LogP contribution in [-0.4, -0.2) is 34.6 Å². The van der Waals surface area contributed by atoms with Crippen LogP contribution in [0.5, 0.6) is 5.75 Å². The molecule has 3 aromatic carbocycles. The molecule has 8 nitrogen and oxygen atoms in total. The van der Waals surface area contributed by atoms with Crippen LogP contribution in [0.3, 0.4) is 0 Å².